The van der Waals surface area contributed by atoms with Crippen LogP contribution in [-0.2, 0) is 9.59 Å². The van der Waals surface area contributed by atoms with Gasteiger partial charge in [0.05, 0.1) is 0 Å². The summed E-state index contributed by atoms with van der Waals surface area (Å²) in [7, 11) is 3.97. The number of halogens is 1. The zero-order valence-electron chi connectivity index (χ0n) is 12.7. The zero-order valence-corrected chi connectivity index (χ0v) is 13.5. The number of hydrogen-bond acceptors (Lipinski definition) is 3. The van der Waals surface area contributed by atoms with E-state index in [0.29, 0.717) is 17.3 Å². The minimum Gasteiger partial charge on any atom is -0.355 e. The molecule has 0 saturated carbocycles. The van der Waals surface area contributed by atoms with Crippen LogP contribution in [0.5, 0.6) is 0 Å². The Kier molecular flexibility index (Phi) is 7.19. The fourth-order valence-electron chi connectivity index (χ4n) is 1.85. The van der Waals surface area contributed by atoms with Crippen molar-refractivity contribution >= 4 is 29.1 Å². The van der Waals surface area contributed by atoms with Crippen LogP contribution in [0, 0.1) is 0 Å². The molecule has 0 aliphatic heterocycles. The predicted octanol–water partition coefficient (Wildman–Crippen LogP) is 1.76. The Hall–Kier alpha value is -1.59. The number of carbonyl (C=O) groups is 2. The maximum atomic E-state index is 11.9. The van der Waals surface area contributed by atoms with Crippen molar-refractivity contribution in [1.82, 2.24) is 10.2 Å². The summed E-state index contributed by atoms with van der Waals surface area (Å²) in [4.78, 5) is 27.1. The van der Waals surface area contributed by atoms with Gasteiger partial charge in [-0.25, -0.2) is 0 Å². The first-order valence-corrected chi connectivity index (χ1v) is 7.23. The summed E-state index contributed by atoms with van der Waals surface area (Å²) >= 11 is 5.92. The smallest absolute Gasteiger partial charge is 0.240 e. The van der Waals surface area contributed by atoms with Crippen LogP contribution in [0.15, 0.2) is 24.3 Å². The van der Waals surface area contributed by atoms with Gasteiger partial charge in [-0.05, 0) is 45.3 Å². The average molecular weight is 312 g/mol. The highest BCUT2D eigenvalue weighted by Crippen LogP contribution is 2.19. The van der Waals surface area contributed by atoms with E-state index in [9.17, 15) is 9.59 Å². The normalized spacial score (nSPS) is 10.5. The van der Waals surface area contributed by atoms with Gasteiger partial charge in [-0.15, -0.1) is 0 Å². The first-order chi connectivity index (χ1) is 9.90. The second kappa shape index (κ2) is 8.64. The molecule has 0 aromatic heterocycles. The number of amides is 2. The molecule has 0 spiro atoms. The predicted molar refractivity (Wildman–Crippen MR) is 85.7 cm³/mol. The Morgan fingerprint density at radius 1 is 1.29 bits per heavy atom. The Morgan fingerprint density at radius 2 is 2.00 bits per heavy atom. The molecule has 0 atom stereocenters. The molecule has 116 valence electrons. The van der Waals surface area contributed by atoms with Gasteiger partial charge in [0.25, 0.3) is 0 Å². The quantitative estimate of drug-likeness (QED) is 0.781. The van der Waals surface area contributed by atoms with Gasteiger partial charge in [-0.1, -0.05) is 17.7 Å². The van der Waals surface area contributed by atoms with Crippen molar-refractivity contribution in [3.63, 3.8) is 0 Å². The van der Waals surface area contributed by atoms with E-state index in [-0.39, 0.29) is 18.4 Å². The SMILES string of the molecule is CC(=O)N(CC(=O)NCCCN(C)C)c1cccc(Cl)c1. The van der Waals surface area contributed by atoms with Crippen LogP contribution in [0.25, 0.3) is 0 Å². The number of anilines is 1. The van der Waals surface area contributed by atoms with Crippen LogP contribution in [-0.4, -0.2) is 50.4 Å². The Morgan fingerprint density at radius 3 is 2.57 bits per heavy atom. The minimum atomic E-state index is -0.194. The molecule has 1 aromatic rings. The Labute approximate surface area is 130 Å². The molecular weight excluding hydrogens is 290 g/mol. The largest absolute Gasteiger partial charge is 0.355 e. The minimum absolute atomic E-state index is 0.00234. The molecule has 0 aliphatic carbocycles. The lowest BCUT2D eigenvalue weighted by molar-refractivity contribution is -0.123. The summed E-state index contributed by atoms with van der Waals surface area (Å²) in [6.45, 7) is 2.93. The van der Waals surface area contributed by atoms with E-state index in [4.69, 9.17) is 11.6 Å². The fourth-order valence-corrected chi connectivity index (χ4v) is 2.04. The van der Waals surface area contributed by atoms with E-state index in [2.05, 4.69) is 10.2 Å². The van der Waals surface area contributed by atoms with Crippen LogP contribution < -0.4 is 10.2 Å². The van der Waals surface area contributed by atoms with Crippen LogP contribution in [0.1, 0.15) is 13.3 Å². The molecule has 0 unspecified atom stereocenters. The van der Waals surface area contributed by atoms with Gasteiger partial charge in [0, 0.05) is 24.2 Å². The molecule has 1 rings (SSSR count). The zero-order chi connectivity index (χ0) is 15.8. The van der Waals surface area contributed by atoms with E-state index in [1.807, 2.05) is 14.1 Å². The van der Waals surface area contributed by atoms with Crippen molar-refractivity contribution < 1.29 is 9.59 Å². The van der Waals surface area contributed by atoms with Crippen molar-refractivity contribution in [2.45, 2.75) is 13.3 Å². The number of hydrogen-bond donors (Lipinski definition) is 1. The molecule has 21 heavy (non-hydrogen) atoms. The highest BCUT2D eigenvalue weighted by Gasteiger charge is 2.15. The van der Waals surface area contributed by atoms with Gasteiger partial charge >= 0.3 is 0 Å². The number of rotatable bonds is 7. The lowest BCUT2D eigenvalue weighted by Gasteiger charge is -2.21. The van der Waals surface area contributed by atoms with Gasteiger partial charge in [0.1, 0.15) is 6.54 Å². The van der Waals surface area contributed by atoms with Crippen molar-refractivity contribution in [3.8, 4) is 0 Å². The Balaban J connectivity index is 2.55. The van der Waals surface area contributed by atoms with E-state index < -0.39 is 0 Å². The first kappa shape index (κ1) is 17.5. The highest BCUT2D eigenvalue weighted by molar-refractivity contribution is 6.30. The van der Waals surface area contributed by atoms with Gasteiger partial charge < -0.3 is 15.1 Å². The number of nitrogens with one attached hydrogen (secondary N) is 1. The third kappa shape index (κ3) is 6.60. The molecule has 0 bridgehead atoms. The van der Waals surface area contributed by atoms with Crippen molar-refractivity contribution in [1.29, 1.82) is 0 Å². The topological polar surface area (TPSA) is 52.7 Å². The molecule has 1 N–H and O–H groups in total. The number of nitrogens with zero attached hydrogens (tertiary/aromatic N) is 2. The summed E-state index contributed by atoms with van der Waals surface area (Å²) in [6, 6.07) is 6.90. The number of carbonyl (C=O) groups excluding carboxylic acids is 2. The summed E-state index contributed by atoms with van der Waals surface area (Å²) in [5, 5.41) is 3.35. The van der Waals surface area contributed by atoms with Crippen LogP contribution >= 0.6 is 11.6 Å². The third-order valence-electron chi connectivity index (χ3n) is 2.91. The lowest BCUT2D eigenvalue weighted by Crippen LogP contribution is -2.40. The monoisotopic (exact) mass is 311 g/mol. The van der Waals surface area contributed by atoms with Crippen LogP contribution in [0.3, 0.4) is 0 Å². The van der Waals surface area contributed by atoms with Crippen LogP contribution in [0.4, 0.5) is 5.69 Å². The second-order valence-electron chi connectivity index (χ2n) is 5.09. The van der Waals surface area contributed by atoms with Crippen molar-refractivity contribution in [2.24, 2.45) is 0 Å². The summed E-state index contributed by atoms with van der Waals surface area (Å²) < 4.78 is 0. The molecule has 5 nitrogen and oxygen atoms in total. The molecule has 0 aliphatic rings. The van der Waals surface area contributed by atoms with E-state index in [1.165, 1.54) is 11.8 Å². The molecular formula is C15H22ClN3O2. The van der Waals surface area contributed by atoms with Gasteiger partial charge in [0.15, 0.2) is 0 Å². The average Bonchev–Trinajstić information content (AvgIpc) is 2.40. The van der Waals surface area contributed by atoms with E-state index >= 15 is 0 Å². The van der Waals surface area contributed by atoms with Crippen molar-refractivity contribution in [3.05, 3.63) is 29.3 Å². The summed E-state index contributed by atoms with van der Waals surface area (Å²) in [5.74, 6) is -0.371. The van der Waals surface area contributed by atoms with E-state index in [1.54, 1.807) is 24.3 Å². The summed E-state index contributed by atoms with van der Waals surface area (Å²) in [5.41, 5.74) is 0.624. The Bertz CT molecular complexity index is 492. The second-order valence-corrected chi connectivity index (χ2v) is 5.53. The van der Waals surface area contributed by atoms with E-state index in [0.717, 1.165) is 13.0 Å². The standard InChI is InChI=1S/C15H22ClN3O2/c1-12(20)19(14-7-4-6-13(16)10-14)11-15(21)17-8-5-9-18(2)3/h4,6-7,10H,5,8-9,11H2,1-3H3,(H,17,21). The maximum Gasteiger partial charge on any atom is 0.240 e. The van der Waals surface area contributed by atoms with Gasteiger partial charge in [0.2, 0.25) is 11.8 Å². The maximum absolute atomic E-state index is 11.9. The number of benzene rings is 1. The highest BCUT2D eigenvalue weighted by atomic mass is 35.5. The molecule has 2 amide bonds. The lowest BCUT2D eigenvalue weighted by atomic mass is 10.2. The van der Waals surface area contributed by atoms with Gasteiger partial charge in [-0.3, -0.25) is 9.59 Å². The fraction of sp³-hybridized carbons (Fsp3) is 0.467. The molecule has 0 saturated heterocycles. The van der Waals surface area contributed by atoms with Gasteiger partial charge in [-0.2, -0.15) is 0 Å². The van der Waals surface area contributed by atoms with Crippen LogP contribution in [0.2, 0.25) is 5.02 Å². The molecule has 0 heterocycles. The molecule has 6 heteroatoms. The summed E-state index contributed by atoms with van der Waals surface area (Å²) in [6.07, 6.45) is 0.871. The molecule has 1 aromatic carbocycles. The van der Waals surface area contributed by atoms with Crippen molar-refractivity contribution in [2.75, 3.05) is 38.6 Å². The molecule has 0 fully saturated rings. The molecule has 0 radical (unpaired) electrons. The first-order valence-electron chi connectivity index (χ1n) is 6.85. The third-order valence-corrected chi connectivity index (χ3v) is 3.14.